The third-order valence-electron chi connectivity index (χ3n) is 5.93. The minimum atomic E-state index is -1.37. The standard InChI is InChI=1S/C25H20F2N2O2S/c1-16-5-7-17(8-6-16)15-28-22-10-9-20(27)14-21(22)25(24(28)31)29(11-12-32-25)23(30)18-3-2-4-19(26)13-18/h2-10,13-14H,11-12,15H2,1H3. The zero-order valence-electron chi connectivity index (χ0n) is 17.3. The highest BCUT2D eigenvalue weighted by atomic mass is 32.2. The summed E-state index contributed by atoms with van der Waals surface area (Å²) >= 11 is 1.32. The van der Waals surface area contributed by atoms with Gasteiger partial charge in [-0.1, -0.05) is 35.9 Å². The van der Waals surface area contributed by atoms with Crippen molar-refractivity contribution >= 4 is 29.3 Å². The summed E-state index contributed by atoms with van der Waals surface area (Å²) in [5.41, 5.74) is 3.25. The van der Waals surface area contributed by atoms with Crippen molar-refractivity contribution in [1.29, 1.82) is 0 Å². The molecule has 5 rings (SSSR count). The van der Waals surface area contributed by atoms with Crippen LogP contribution in [0.15, 0.2) is 66.7 Å². The number of fused-ring (bicyclic) bond motifs is 2. The van der Waals surface area contributed by atoms with E-state index in [1.165, 1.54) is 47.0 Å². The summed E-state index contributed by atoms with van der Waals surface area (Å²) in [6, 6.07) is 17.5. The van der Waals surface area contributed by atoms with Gasteiger partial charge in [0.05, 0.1) is 12.2 Å². The van der Waals surface area contributed by atoms with Gasteiger partial charge in [0.25, 0.3) is 11.8 Å². The highest BCUT2D eigenvalue weighted by Crippen LogP contribution is 2.54. The first-order chi connectivity index (χ1) is 15.4. The molecule has 1 atom stereocenters. The molecule has 0 saturated carbocycles. The van der Waals surface area contributed by atoms with Crippen LogP contribution in [0.25, 0.3) is 0 Å². The van der Waals surface area contributed by atoms with Crippen LogP contribution in [0.1, 0.15) is 27.0 Å². The van der Waals surface area contributed by atoms with E-state index < -0.39 is 22.4 Å². The molecule has 3 aromatic rings. The van der Waals surface area contributed by atoms with E-state index in [2.05, 4.69) is 0 Å². The van der Waals surface area contributed by atoms with Gasteiger partial charge in [0.15, 0.2) is 4.87 Å². The van der Waals surface area contributed by atoms with Gasteiger partial charge in [-0.25, -0.2) is 8.78 Å². The topological polar surface area (TPSA) is 40.6 Å². The predicted octanol–water partition coefficient (Wildman–Crippen LogP) is 4.86. The van der Waals surface area contributed by atoms with Gasteiger partial charge in [-0.05, 0) is 48.9 Å². The Labute approximate surface area is 188 Å². The fourth-order valence-electron chi connectivity index (χ4n) is 4.40. The monoisotopic (exact) mass is 450 g/mol. The summed E-state index contributed by atoms with van der Waals surface area (Å²) in [6.07, 6.45) is 0. The van der Waals surface area contributed by atoms with Crippen molar-refractivity contribution in [1.82, 2.24) is 4.90 Å². The Morgan fingerprint density at radius 1 is 1.03 bits per heavy atom. The molecule has 3 aromatic carbocycles. The third kappa shape index (κ3) is 3.19. The van der Waals surface area contributed by atoms with Crippen LogP contribution in [-0.4, -0.2) is 29.0 Å². The first-order valence-corrected chi connectivity index (χ1v) is 11.3. The number of amides is 2. The lowest BCUT2D eigenvalue weighted by Gasteiger charge is -2.33. The lowest BCUT2D eigenvalue weighted by atomic mass is 10.0. The summed E-state index contributed by atoms with van der Waals surface area (Å²) in [5.74, 6) is -1.22. The highest BCUT2D eigenvalue weighted by Gasteiger charge is 2.59. The van der Waals surface area contributed by atoms with Crippen LogP contribution < -0.4 is 4.90 Å². The molecule has 4 nitrogen and oxygen atoms in total. The average Bonchev–Trinajstić information content (AvgIpc) is 3.32. The predicted molar refractivity (Wildman–Crippen MR) is 120 cm³/mol. The quantitative estimate of drug-likeness (QED) is 0.572. The number of hydrogen-bond donors (Lipinski definition) is 0. The van der Waals surface area contributed by atoms with Crippen molar-refractivity contribution in [2.75, 3.05) is 17.2 Å². The lowest BCUT2D eigenvalue weighted by molar-refractivity contribution is -0.123. The third-order valence-corrected chi connectivity index (χ3v) is 7.35. The lowest BCUT2D eigenvalue weighted by Crippen LogP contribution is -2.50. The van der Waals surface area contributed by atoms with Crippen LogP contribution in [0.3, 0.4) is 0 Å². The number of anilines is 1. The Balaban J connectivity index is 1.59. The number of benzene rings is 3. The highest BCUT2D eigenvalue weighted by molar-refractivity contribution is 8.01. The van der Waals surface area contributed by atoms with E-state index in [9.17, 15) is 18.4 Å². The molecule has 2 aliphatic rings. The largest absolute Gasteiger partial charge is 0.311 e. The molecule has 0 aromatic heterocycles. The van der Waals surface area contributed by atoms with Crippen molar-refractivity contribution < 1.29 is 18.4 Å². The second kappa shape index (κ2) is 7.74. The number of rotatable bonds is 3. The molecule has 1 fully saturated rings. The van der Waals surface area contributed by atoms with Crippen LogP contribution in [0.5, 0.6) is 0 Å². The van der Waals surface area contributed by atoms with Crippen molar-refractivity contribution in [3.63, 3.8) is 0 Å². The molecule has 162 valence electrons. The Hall–Kier alpha value is -3.19. The van der Waals surface area contributed by atoms with E-state index in [0.29, 0.717) is 30.1 Å². The zero-order chi connectivity index (χ0) is 22.5. The van der Waals surface area contributed by atoms with Crippen molar-refractivity contribution in [2.45, 2.75) is 18.3 Å². The van der Waals surface area contributed by atoms with E-state index in [0.717, 1.165) is 17.2 Å². The number of nitrogens with zero attached hydrogens (tertiary/aromatic N) is 2. The van der Waals surface area contributed by atoms with E-state index in [1.54, 1.807) is 11.0 Å². The molecule has 0 bridgehead atoms. The molecule has 0 N–H and O–H groups in total. The molecule has 1 unspecified atom stereocenters. The number of halogens is 2. The molecule has 0 aliphatic carbocycles. The van der Waals surface area contributed by atoms with Crippen molar-refractivity contribution in [2.24, 2.45) is 0 Å². The minimum absolute atomic E-state index is 0.162. The molecule has 2 heterocycles. The van der Waals surface area contributed by atoms with Gasteiger partial charge in [0.2, 0.25) is 0 Å². The van der Waals surface area contributed by atoms with Gasteiger partial charge >= 0.3 is 0 Å². The number of carbonyl (C=O) groups excluding carboxylic acids is 2. The second-order valence-corrected chi connectivity index (χ2v) is 9.29. The van der Waals surface area contributed by atoms with Crippen molar-refractivity contribution in [3.8, 4) is 0 Å². The number of aryl methyl sites for hydroxylation is 1. The smallest absolute Gasteiger partial charge is 0.268 e. The minimum Gasteiger partial charge on any atom is -0.311 e. The fourth-order valence-corrected chi connectivity index (χ4v) is 5.85. The molecular formula is C25H20F2N2O2S. The van der Waals surface area contributed by atoms with Crippen LogP contribution >= 0.6 is 11.8 Å². The van der Waals surface area contributed by atoms with E-state index in [-0.39, 0.29) is 11.5 Å². The molecular weight excluding hydrogens is 430 g/mol. The Morgan fingerprint density at radius 2 is 1.78 bits per heavy atom. The molecule has 2 aliphatic heterocycles. The first-order valence-electron chi connectivity index (χ1n) is 10.3. The maximum absolute atomic E-state index is 14.3. The fraction of sp³-hybridized carbons (Fsp3) is 0.200. The molecule has 32 heavy (non-hydrogen) atoms. The zero-order valence-corrected chi connectivity index (χ0v) is 18.2. The average molecular weight is 451 g/mol. The first kappa shape index (κ1) is 20.7. The van der Waals surface area contributed by atoms with Gasteiger partial charge in [-0.2, -0.15) is 0 Å². The van der Waals surface area contributed by atoms with Gasteiger partial charge in [0, 0.05) is 23.4 Å². The number of carbonyl (C=O) groups is 2. The second-order valence-electron chi connectivity index (χ2n) is 8.00. The summed E-state index contributed by atoms with van der Waals surface area (Å²) in [5, 5.41) is 0. The Kier molecular flexibility index (Phi) is 5.01. The number of thioether (sulfide) groups is 1. The Morgan fingerprint density at radius 3 is 2.53 bits per heavy atom. The maximum atomic E-state index is 14.3. The van der Waals surface area contributed by atoms with Crippen LogP contribution in [-0.2, 0) is 16.2 Å². The van der Waals surface area contributed by atoms with Gasteiger partial charge in [-0.3, -0.25) is 9.59 Å². The van der Waals surface area contributed by atoms with Crippen LogP contribution in [0, 0.1) is 18.6 Å². The maximum Gasteiger partial charge on any atom is 0.268 e. The number of hydrogen-bond acceptors (Lipinski definition) is 3. The van der Waals surface area contributed by atoms with Crippen LogP contribution in [0.2, 0.25) is 0 Å². The summed E-state index contributed by atoms with van der Waals surface area (Å²) in [6.45, 7) is 2.60. The molecule has 2 amide bonds. The van der Waals surface area contributed by atoms with E-state index >= 15 is 0 Å². The van der Waals surface area contributed by atoms with Gasteiger partial charge in [0.1, 0.15) is 11.6 Å². The summed E-state index contributed by atoms with van der Waals surface area (Å²) < 4.78 is 28.1. The molecule has 7 heteroatoms. The molecule has 1 spiro atoms. The SMILES string of the molecule is Cc1ccc(CN2C(=O)C3(SCCN3C(=O)c3cccc(F)c3)c3cc(F)ccc32)cc1. The normalized spacial score (nSPS) is 19.7. The van der Waals surface area contributed by atoms with Gasteiger partial charge in [-0.15, -0.1) is 11.8 Å². The Bertz CT molecular complexity index is 1230. The molecule has 1 saturated heterocycles. The van der Waals surface area contributed by atoms with Crippen molar-refractivity contribution in [3.05, 3.63) is 101 Å². The van der Waals surface area contributed by atoms with E-state index in [4.69, 9.17) is 0 Å². The van der Waals surface area contributed by atoms with Gasteiger partial charge < -0.3 is 9.80 Å². The summed E-state index contributed by atoms with van der Waals surface area (Å²) in [4.78, 5) is 29.0. The molecule has 0 radical (unpaired) electrons. The summed E-state index contributed by atoms with van der Waals surface area (Å²) in [7, 11) is 0. The van der Waals surface area contributed by atoms with E-state index in [1.807, 2.05) is 31.2 Å². The van der Waals surface area contributed by atoms with Crippen LogP contribution in [0.4, 0.5) is 14.5 Å².